The first-order chi connectivity index (χ1) is 14.5. The molecule has 2 aromatic carbocycles. The largest absolute Gasteiger partial charge is 0.481 e. The topological polar surface area (TPSA) is 86.7 Å². The minimum atomic E-state index is -0.984. The highest BCUT2D eigenvalue weighted by atomic mass is 16.4. The minimum Gasteiger partial charge on any atom is -0.481 e. The maximum absolute atomic E-state index is 13.5. The highest BCUT2D eigenvalue weighted by Gasteiger charge is 2.46. The fourth-order valence-electron chi connectivity index (χ4n) is 4.80. The number of amides is 2. The van der Waals surface area contributed by atoms with Crippen LogP contribution in [0.1, 0.15) is 59.6 Å². The van der Waals surface area contributed by atoms with Crippen LogP contribution >= 0.6 is 0 Å². The zero-order chi connectivity index (χ0) is 21.3. The second-order valence-electron chi connectivity index (χ2n) is 8.20. The summed E-state index contributed by atoms with van der Waals surface area (Å²) >= 11 is 0. The Morgan fingerprint density at radius 3 is 2.50 bits per heavy atom. The van der Waals surface area contributed by atoms with Crippen LogP contribution in [0.2, 0.25) is 0 Å². The second kappa shape index (κ2) is 8.30. The highest BCUT2D eigenvalue weighted by Crippen LogP contribution is 2.48. The van der Waals surface area contributed by atoms with Gasteiger partial charge in [-0.1, -0.05) is 42.3 Å². The van der Waals surface area contributed by atoms with Gasteiger partial charge in [0, 0.05) is 29.6 Å². The van der Waals surface area contributed by atoms with Gasteiger partial charge in [0.1, 0.15) is 0 Å². The van der Waals surface area contributed by atoms with E-state index in [1.807, 2.05) is 60.4 Å². The molecular weight excluding hydrogens is 380 g/mol. The summed E-state index contributed by atoms with van der Waals surface area (Å²) in [5.74, 6) is -1.15. The maximum Gasteiger partial charge on any atom is 0.303 e. The quantitative estimate of drug-likeness (QED) is 0.790. The van der Waals surface area contributed by atoms with Gasteiger partial charge >= 0.3 is 5.97 Å². The summed E-state index contributed by atoms with van der Waals surface area (Å²) in [5.41, 5.74) is 3.51. The molecule has 1 heterocycles. The Labute approximate surface area is 175 Å². The normalized spacial score (nSPS) is 22.2. The van der Waals surface area contributed by atoms with Crippen LogP contribution in [-0.4, -0.2) is 28.9 Å². The van der Waals surface area contributed by atoms with Gasteiger partial charge in [0.2, 0.25) is 5.91 Å². The monoisotopic (exact) mass is 406 g/mol. The summed E-state index contributed by atoms with van der Waals surface area (Å²) in [4.78, 5) is 38.7. The molecule has 0 spiro atoms. The molecule has 1 saturated carbocycles. The fourth-order valence-corrected chi connectivity index (χ4v) is 4.80. The predicted molar refractivity (Wildman–Crippen MR) is 113 cm³/mol. The first-order valence-corrected chi connectivity index (χ1v) is 10.5. The number of aliphatic carboxylic acids is 1. The Kier molecular flexibility index (Phi) is 5.57. The number of anilines is 1. The minimum absolute atomic E-state index is 0.0125. The number of nitrogens with one attached hydrogen (secondary N) is 1. The summed E-state index contributed by atoms with van der Waals surface area (Å²) < 4.78 is 0. The van der Waals surface area contributed by atoms with E-state index < -0.39 is 5.97 Å². The fraction of sp³-hybridized carbons (Fsp3) is 0.375. The lowest BCUT2D eigenvalue weighted by Crippen LogP contribution is -2.51. The van der Waals surface area contributed by atoms with E-state index in [1.165, 1.54) is 0 Å². The van der Waals surface area contributed by atoms with Gasteiger partial charge in [-0.05, 0) is 43.5 Å². The zero-order valence-electron chi connectivity index (χ0n) is 17.0. The lowest BCUT2D eigenvalue weighted by atomic mass is 9.82. The Balaban J connectivity index is 1.68. The number of hydrogen-bond donors (Lipinski definition) is 2. The number of carbonyl (C=O) groups is 3. The number of benzene rings is 2. The molecule has 4 rings (SSSR count). The van der Waals surface area contributed by atoms with Crippen molar-refractivity contribution in [2.75, 3.05) is 4.90 Å². The van der Waals surface area contributed by atoms with E-state index in [0.29, 0.717) is 5.56 Å². The van der Waals surface area contributed by atoms with Gasteiger partial charge in [0.05, 0.1) is 12.5 Å². The molecule has 2 N–H and O–H groups in total. The molecule has 156 valence electrons. The maximum atomic E-state index is 13.5. The van der Waals surface area contributed by atoms with Crippen molar-refractivity contribution in [3.8, 4) is 0 Å². The average molecular weight is 406 g/mol. The molecule has 3 unspecified atom stereocenters. The van der Waals surface area contributed by atoms with Gasteiger partial charge in [0.15, 0.2) is 0 Å². The van der Waals surface area contributed by atoms with Crippen molar-refractivity contribution >= 4 is 23.5 Å². The van der Waals surface area contributed by atoms with E-state index in [4.69, 9.17) is 5.11 Å². The summed E-state index contributed by atoms with van der Waals surface area (Å²) in [5, 5.41) is 11.9. The number of para-hydroxylation sites is 1. The van der Waals surface area contributed by atoms with Gasteiger partial charge in [-0.25, -0.2) is 0 Å². The van der Waals surface area contributed by atoms with Crippen LogP contribution in [0.3, 0.4) is 0 Å². The number of carbonyl (C=O) groups excluding carboxylic acids is 2. The second-order valence-corrected chi connectivity index (χ2v) is 8.20. The van der Waals surface area contributed by atoms with Crippen molar-refractivity contribution in [2.45, 2.75) is 51.1 Å². The number of fused-ring (bicyclic) bond motifs is 2. The molecule has 6 nitrogen and oxygen atoms in total. The Bertz CT molecular complexity index is 969. The number of nitrogens with zero attached hydrogens (tertiary/aromatic N) is 1. The average Bonchev–Trinajstić information content (AvgIpc) is 3.22. The molecule has 3 atom stereocenters. The number of carboxylic acids is 1. The van der Waals surface area contributed by atoms with Crippen LogP contribution in [0.15, 0.2) is 48.5 Å². The molecule has 1 fully saturated rings. The summed E-state index contributed by atoms with van der Waals surface area (Å²) in [7, 11) is 0. The van der Waals surface area contributed by atoms with E-state index in [2.05, 4.69) is 5.32 Å². The Morgan fingerprint density at radius 2 is 1.77 bits per heavy atom. The van der Waals surface area contributed by atoms with Crippen LogP contribution < -0.4 is 10.2 Å². The van der Waals surface area contributed by atoms with Crippen LogP contribution in [0.5, 0.6) is 0 Å². The van der Waals surface area contributed by atoms with E-state index in [-0.39, 0.29) is 42.7 Å². The first-order valence-electron chi connectivity index (χ1n) is 10.5. The van der Waals surface area contributed by atoms with Crippen molar-refractivity contribution in [1.29, 1.82) is 0 Å². The highest BCUT2D eigenvalue weighted by molar-refractivity contribution is 6.07. The van der Waals surface area contributed by atoms with E-state index >= 15 is 0 Å². The number of rotatable bonds is 5. The molecule has 6 heteroatoms. The third-order valence-electron chi connectivity index (χ3n) is 6.22. The molecule has 2 aromatic rings. The SMILES string of the molecule is Cc1ccc(C(=O)N2c3ccccc3C(NC(=O)CCC(=O)O)C3CCCC32)cc1. The van der Waals surface area contributed by atoms with Gasteiger partial charge in [-0.15, -0.1) is 0 Å². The number of carboxylic acid groups (broad SMARTS) is 1. The molecule has 0 saturated heterocycles. The van der Waals surface area contributed by atoms with Crippen LogP contribution in [0.25, 0.3) is 0 Å². The Morgan fingerprint density at radius 1 is 1.03 bits per heavy atom. The van der Waals surface area contributed by atoms with Crippen molar-refractivity contribution in [2.24, 2.45) is 5.92 Å². The molecule has 30 heavy (non-hydrogen) atoms. The number of hydrogen-bond acceptors (Lipinski definition) is 3. The third-order valence-corrected chi connectivity index (χ3v) is 6.22. The molecular formula is C24H26N2O4. The van der Waals surface area contributed by atoms with Crippen molar-refractivity contribution in [3.63, 3.8) is 0 Å². The molecule has 0 bridgehead atoms. The van der Waals surface area contributed by atoms with Crippen LogP contribution in [0.4, 0.5) is 5.69 Å². The van der Waals surface area contributed by atoms with E-state index in [9.17, 15) is 14.4 Å². The summed E-state index contributed by atoms with van der Waals surface area (Å²) in [6.07, 6.45) is 2.56. The van der Waals surface area contributed by atoms with Gasteiger partial charge in [-0.3, -0.25) is 14.4 Å². The lowest BCUT2D eigenvalue weighted by Gasteiger charge is -2.44. The van der Waals surface area contributed by atoms with E-state index in [1.54, 1.807) is 0 Å². The molecule has 1 aliphatic carbocycles. The Hall–Kier alpha value is -3.15. The third kappa shape index (κ3) is 3.82. The molecule has 0 radical (unpaired) electrons. The van der Waals surface area contributed by atoms with E-state index in [0.717, 1.165) is 36.1 Å². The standard InChI is InChI=1S/C24H26N2O4/c1-15-9-11-16(12-10-15)24(30)26-19-7-3-2-5-17(19)23(18-6-4-8-20(18)26)25-21(27)13-14-22(28)29/h2-3,5,7,9-12,18,20,23H,4,6,8,13-14H2,1H3,(H,25,27)(H,28,29). The molecule has 1 aliphatic heterocycles. The first kappa shape index (κ1) is 20.1. The molecule has 2 amide bonds. The summed E-state index contributed by atoms with van der Waals surface area (Å²) in [6.45, 7) is 2.00. The smallest absolute Gasteiger partial charge is 0.303 e. The predicted octanol–water partition coefficient (Wildman–Crippen LogP) is 3.85. The summed E-state index contributed by atoms with van der Waals surface area (Å²) in [6, 6.07) is 15.1. The van der Waals surface area contributed by atoms with Gasteiger partial charge in [0.25, 0.3) is 5.91 Å². The van der Waals surface area contributed by atoms with Crippen molar-refractivity contribution in [1.82, 2.24) is 5.32 Å². The molecule has 0 aromatic heterocycles. The van der Waals surface area contributed by atoms with Crippen molar-refractivity contribution in [3.05, 3.63) is 65.2 Å². The van der Waals surface area contributed by atoms with Crippen LogP contribution in [-0.2, 0) is 9.59 Å². The van der Waals surface area contributed by atoms with Gasteiger partial charge < -0.3 is 15.3 Å². The van der Waals surface area contributed by atoms with Crippen LogP contribution in [0, 0.1) is 12.8 Å². The van der Waals surface area contributed by atoms with Gasteiger partial charge in [-0.2, -0.15) is 0 Å². The number of aryl methyl sites for hydroxylation is 1. The zero-order valence-corrected chi connectivity index (χ0v) is 17.0. The lowest BCUT2D eigenvalue weighted by molar-refractivity contribution is -0.139. The van der Waals surface area contributed by atoms with Crippen molar-refractivity contribution < 1.29 is 19.5 Å². The molecule has 2 aliphatic rings.